The Bertz CT molecular complexity index is 533. The number of anilines is 1. The van der Waals surface area contributed by atoms with Gasteiger partial charge in [-0.3, -0.25) is 0 Å². The highest BCUT2D eigenvalue weighted by atomic mass is 31.2. The third-order valence-electron chi connectivity index (χ3n) is 3.48. The molecule has 0 atom stereocenters. The largest absolute Gasteiger partial charge is 0.433 e. The van der Waals surface area contributed by atoms with E-state index in [9.17, 15) is 13.3 Å². The summed E-state index contributed by atoms with van der Waals surface area (Å²) in [4.78, 5) is 0. The highest BCUT2D eigenvalue weighted by Crippen LogP contribution is 2.45. The number of nitrogens with one attached hydrogen (secondary N) is 1. The Hall–Kier alpha value is -1.09. The number of alkyl halides is 2. The van der Waals surface area contributed by atoms with Gasteiger partial charge in [-0.05, 0) is 23.6 Å². The normalized spacial score (nSPS) is 12.5. The van der Waals surface area contributed by atoms with E-state index in [2.05, 4.69) is 10.1 Å². The first-order valence-electron chi connectivity index (χ1n) is 7.52. The van der Waals surface area contributed by atoms with Crippen LogP contribution in [-0.2, 0) is 4.57 Å². The minimum Gasteiger partial charge on any atom is -0.433 e. The Morgan fingerprint density at radius 2 is 1.82 bits per heavy atom. The molecule has 0 radical (unpaired) electrons. The van der Waals surface area contributed by atoms with Crippen LogP contribution >= 0.6 is 7.14 Å². The van der Waals surface area contributed by atoms with Gasteiger partial charge >= 0.3 is 6.61 Å². The lowest BCUT2D eigenvalue weighted by molar-refractivity contribution is -0.0493. The van der Waals surface area contributed by atoms with E-state index in [4.69, 9.17) is 0 Å². The Morgan fingerprint density at radius 1 is 1.23 bits per heavy atom. The summed E-state index contributed by atoms with van der Waals surface area (Å²) in [6.45, 7) is 7.55. The summed E-state index contributed by atoms with van der Waals surface area (Å²) >= 11 is 0. The lowest BCUT2D eigenvalue weighted by Gasteiger charge is -2.22. The first-order valence-corrected chi connectivity index (χ1v) is 9.60. The maximum atomic E-state index is 12.8. The smallest absolute Gasteiger partial charge is 0.387 e. The van der Waals surface area contributed by atoms with Crippen molar-refractivity contribution < 1.29 is 18.1 Å². The fourth-order valence-electron chi connectivity index (χ4n) is 2.05. The molecule has 1 aromatic rings. The maximum absolute atomic E-state index is 12.8. The van der Waals surface area contributed by atoms with Crippen molar-refractivity contribution in [3.05, 3.63) is 18.2 Å². The van der Waals surface area contributed by atoms with Gasteiger partial charge in [0.2, 0.25) is 0 Å². The molecule has 0 aliphatic carbocycles. The van der Waals surface area contributed by atoms with Gasteiger partial charge in [-0.25, -0.2) is 0 Å². The molecule has 0 amide bonds. The number of halogens is 2. The molecule has 0 heterocycles. The van der Waals surface area contributed by atoms with Crippen molar-refractivity contribution in [1.29, 1.82) is 0 Å². The van der Waals surface area contributed by atoms with Crippen molar-refractivity contribution >= 4 is 18.1 Å². The molecule has 0 saturated heterocycles. The molecule has 0 aromatic heterocycles. The molecule has 0 aliphatic heterocycles. The summed E-state index contributed by atoms with van der Waals surface area (Å²) in [5, 5.41) is 3.72. The van der Waals surface area contributed by atoms with Crippen molar-refractivity contribution in [3.63, 3.8) is 0 Å². The van der Waals surface area contributed by atoms with Gasteiger partial charge in [0.05, 0.1) is 5.69 Å². The van der Waals surface area contributed by atoms with Crippen molar-refractivity contribution in [2.75, 3.05) is 24.2 Å². The number of ether oxygens (including phenoxy) is 1. The van der Waals surface area contributed by atoms with Crippen molar-refractivity contribution in [3.8, 4) is 5.75 Å². The van der Waals surface area contributed by atoms with E-state index in [0.717, 1.165) is 0 Å². The van der Waals surface area contributed by atoms with Crippen molar-refractivity contribution in [1.82, 2.24) is 0 Å². The van der Waals surface area contributed by atoms with Crippen molar-refractivity contribution in [2.45, 2.75) is 41.2 Å². The van der Waals surface area contributed by atoms with E-state index in [1.54, 1.807) is 12.1 Å². The SMILES string of the molecule is CCP(=O)(CC)c1ccc(NCC(C)(C)C)c(OC(F)F)c1. The summed E-state index contributed by atoms with van der Waals surface area (Å²) in [6.07, 6.45) is 1.01. The van der Waals surface area contributed by atoms with Gasteiger partial charge in [0.25, 0.3) is 0 Å². The van der Waals surface area contributed by atoms with E-state index in [0.29, 0.717) is 29.9 Å². The second-order valence-electron chi connectivity index (χ2n) is 6.49. The Morgan fingerprint density at radius 3 is 2.27 bits per heavy atom. The molecule has 0 bridgehead atoms. The standard InChI is InChI=1S/C16H26F2NO2P/c1-6-22(20,7-2)12-8-9-13(19-11-16(3,4)5)14(10-12)21-15(17)18/h8-10,15,19H,6-7,11H2,1-5H3. The zero-order valence-electron chi connectivity index (χ0n) is 14.0. The number of benzene rings is 1. The summed E-state index contributed by atoms with van der Waals surface area (Å²) in [5.41, 5.74) is 0.501. The second kappa shape index (κ2) is 7.45. The van der Waals surface area contributed by atoms with E-state index in [1.165, 1.54) is 6.07 Å². The second-order valence-corrected chi connectivity index (χ2v) is 10.1. The zero-order chi connectivity index (χ0) is 17.0. The quantitative estimate of drug-likeness (QED) is 0.730. The predicted octanol–water partition coefficient (Wildman–Crippen LogP) is 4.77. The highest BCUT2D eigenvalue weighted by molar-refractivity contribution is 7.71. The average molecular weight is 333 g/mol. The highest BCUT2D eigenvalue weighted by Gasteiger charge is 2.23. The molecule has 6 heteroatoms. The fourth-order valence-corrected chi connectivity index (χ4v) is 3.93. The molecular formula is C16H26F2NO2P. The van der Waals surface area contributed by atoms with Gasteiger partial charge in [0, 0.05) is 24.2 Å². The number of rotatable bonds is 7. The molecule has 0 aliphatic rings. The molecule has 1 aromatic carbocycles. The lowest BCUT2D eigenvalue weighted by Crippen LogP contribution is -2.20. The van der Waals surface area contributed by atoms with Crippen LogP contribution in [0.1, 0.15) is 34.6 Å². The summed E-state index contributed by atoms with van der Waals surface area (Å²) < 4.78 is 42.7. The van der Waals surface area contributed by atoms with Gasteiger partial charge in [-0.2, -0.15) is 8.78 Å². The van der Waals surface area contributed by atoms with Crippen LogP contribution in [0.3, 0.4) is 0 Å². The summed E-state index contributed by atoms with van der Waals surface area (Å²) in [6, 6.07) is 4.92. The monoisotopic (exact) mass is 333 g/mol. The molecular weight excluding hydrogens is 307 g/mol. The predicted molar refractivity (Wildman–Crippen MR) is 89.3 cm³/mol. The molecule has 3 nitrogen and oxygen atoms in total. The number of hydrogen-bond donors (Lipinski definition) is 1. The van der Waals surface area contributed by atoms with Crippen LogP contribution in [0.15, 0.2) is 18.2 Å². The molecule has 1 N–H and O–H groups in total. The maximum Gasteiger partial charge on any atom is 0.387 e. The number of hydrogen-bond acceptors (Lipinski definition) is 3. The van der Waals surface area contributed by atoms with E-state index in [-0.39, 0.29) is 11.2 Å². The van der Waals surface area contributed by atoms with Gasteiger partial charge in [0.15, 0.2) is 0 Å². The van der Waals surface area contributed by atoms with E-state index < -0.39 is 13.8 Å². The van der Waals surface area contributed by atoms with E-state index >= 15 is 0 Å². The fraction of sp³-hybridized carbons (Fsp3) is 0.625. The van der Waals surface area contributed by atoms with Crippen LogP contribution in [0.5, 0.6) is 5.75 Å². The van der Waals surface area contributed by atoms with Crippen LogP contribution in [0.25, 0.3) is 0 Å². The lowest BCUT2D eigenvalue weighted by atomic mass is 9.97. The zero-order valence-corrected chi connectivity index (χ0v) is 14.8. The van der Waals surface area contributed by atoms with Crippen LogP contribution in [0.4, 0.5) is 14.5 Å². The van der Waals surface area contributed by atoms with Crippen LogP contribution in [-0.4, -0.2) is 25.5 Å². The van der Waals surface area contributed by atoms with E-state index in [1.807, 2.05) is 34.6 Å². The average Bonchev–Trinajstić information content (AvgIpc) is 2.43. The first kappa shape index (κ1) is 19.0. The first-order chi connectivity index (χ1) is 10.1. The molecule has 0 spiro atoms. The van der Waals surface area contributed by atoms with Gasteiger partial charge in [-0.1, -0.05) is 34.6 Å². The van der Waals surface area contributed by atoms with Gasteiger partial charge in [-0.15, -0.1) is 0 Å². The molecule has 0 fully saturated rings. The molecule has 22 heavy (non-hydrogen) atoms. The molecule has 0 saturated carbocycles. The van der Waals surface area contributed by atoms with Crippen LogP contribution in [0.2, 0.25) is 0 Å². The summed E-state index contributed by atoms with van der Waals surface area (Å²) in [7, 11) is -2.53. The Labute approximate surface area is 131 Å². The third-order valence-corrected chi connectivity index (χ3v) is 6.75. The van der Waals surface area contributed by atoms with Gasteiger partial charge < -0.3 is 14.6 Å². The molecule has 0 unspecified atom stereocenters. The van der Waals surface area contributed by atoms with Crippen molar-refractivity contribution in [2.24, 2.45) is 5.41 Å². The van der Waals surface area contributed by atoms with Crippen LogP contribution in [0, 0.1) is 5.41 Å². The minimum absolute atomic E-state index is 0.00288. The summed E-state index contributed by atoms with van der Waals surface area (Å²) in [5.74, 6) is 0.0545. The molecule has 126 valence electrons. The minimum atomic E-state index is -2.91. The van der Waals surface area contributed by atoms with Crippen LogP contribution < -0.4 is 15.4 Å². The molecule has 1 rings (SSSR count). The third kappa shape index (κ3) is 5.28. The topological polar surface area (TPSA) is 38.3 Å². The Balaban J connectivity index is 3.16. The Kier molecular flexibility index (Phi) is 6.42. The van der Waals surface area contributed by atoms with Gasteiger partial charge in [0.1, 0.15) is 12.9 Å².